The lowest BCUT2D eigenvalue weighted by Gasteiger charge is -2.19. The lowest BCUT2D eigenvalue weighted by Crippen LogP contribution is -2.24. The number of hydrogen-bond acceptors (Lipinski definition) is 4. The van der Waals surface area contributed by atoms with Gasteiger partial charge in [-0.2, -0.15) is 0 Å². The molecule has 0 atom stereocenters. The van der Waals surface area contributed by atoms with Crippen LogP contribution in [-0.2, 0) is 9.53 Å². The van der Waals surface area contributed by atoms with Crippen LogP contribution in [0.5, 0.6) is 0 Å². The van der Waals surface area contributed by atoms with Crippen molar-refractivity contribution in [3.8, 4) is 0 Å². The van der Waals surface area contributed by atoms with Gasteiger partial charge in [0.1, 0.15) is 10.5 Å². The van der Waals surface area contributed by atoms with Crippen LogP contribution in [-0.4, -0.2) is 22.6 Å². The molecule has 1 aromatic rings. The molecule has 0 aliphatic carbocycles. The number of esters is 1. The molecule has 0 bridgehead atoms. The first kappa shape index (κ1) is 14.4. The first-order valence-electron chi connectivity index (χ1n) is 5.44. The molecule has 0 aliphatic heterocycles. The molecule has 98 valence electrons. The Bertz CT molecular complexity index is 491. The van der Waals surface area contributed by atoms with E-state index in [4.69, 9.17) is 9.84 Å². The standard InChI is InChI=1S/C13H16O4S/c1-8(12(16)17-13(2,3)4)7-9-5-6-10(18-9)11(14)15/h5-7H,1-4H3,(H,14,15)/b8-7-. The number of rotatable bonds is 3. The maximum Gasteiger partial charge on any atom is 0.345 e. The van der Waals surface area contributed by atoms with Crippen LogP contribution in [0.2, 0.25) is 0 Å². The van der Waals surface area contributed by atoms with E-state index in [-0.39, 0.29) is 4.88 Å². The second kappa shape index (κ2) is 5.35. The van der Waals surface area contributed by atoms with Crippen LogP contribution in [0.25, 0.3) is 6.08 Å². The molecular formula is C13H16O4S. The highest BCUT2D eigenvalue weighted by Crippen LogP contribution is 2.20. The number of carbonyl (C=O) groups excluding carboxylic acids is 1. The monoisotopic (exact) mass is 268 g/mol. The van der Waals surface area contributed by atoms with Crippen molar-refractivity contribution in [1.82, 2.24) is 0 Å². The highest BCUT2D eigenvalue weighted by molar-refractivity contribution is 7.14. The predicted octanol–water partition coefficient (Wildman–Crippen LogP) is 3.19. The summed E-state index contributed by atoms with van der Waals surface area (Å²) in [4.78, 5) is 23.4. The quantitative estimate of drug-likeness (QED) is 0.675. The zero-order valence-electron chi connectivity index (χ0n) is 10.8. The molecule has 1 heterocycles. The molecule has 0 spiro atoms. The van der Waals surface area contributed by atoms with E-state index in [9.17, 15) is 9.59 Å². The fraction of sp³-hybridized carbons (Fsp3) is 0.385. The van der Waals surface area contributed by atoms with Gasteiger partial charge in [-0.3, -0.25) is 0 Å². The van der Waals surface area contributed by atoms with Crippen molar-refractivity contribution in [2.75, 3.05) is 0 Å². The molecule has 1 N–H and O–H groups in total. The van der Waals surface area contributed by atoms with E-state index in [0.717, 1.165) is 16.2 Å². The Morgan fingerprint density at radius 2 is 1.94 bits per heavy atom. The van der Waals surface area contributed by atoms with Gasteiger partial charge >= 0.3 is 11.9 Å². The summed E-state index contributed by atoms with van der Waals surface area (Å²) in [5.41, 5.74) is -0.0860. The predicted molar refractivity (Wildman–Crippen MR) is 70.8 cm³/mol. The summed E-state index contributed by atoms with van der Waals surface area (Å²) in [5.74, 6) is -1.36. The van der Waals surface area contributed by atoms with Crippen LogP contribution in [0.4, 0.5) is 0 Å². The van der Waals surface area contributed by atoms with E-state index >= 15 is 0 Å². The molecule has 18 heavy (non-hydrogen) atoms. The summed E-state index contributed by atoms with van der Waals surface area (Å²) in [7, 11) is 0. The third kappa shape index (κ3) is 4.33. The van der Waals surface area contributed by atoms with Crippen molar-refractivity contribution in [3.63, 3.8) is 0 Å². The number of aromatic carboxylic acids is 1. The van der Waals surface area contributed by atoms with E-state index in [1.165, 1.54) is 6.07 Å². The van der Waals surface area contributed by atoms with Gasteiger partial charge in [-0.05, 0) is 45.9 Å². The fourth-order valence-corrected chi connectivity index (χ4v) is 2.03. The number of hydrogen-bond donors (Lipinski definition) is 1. The van der Waals surface area contributed by atoms with Crippen LogP contribution in [0.15, 0.2) is 17.7 Å². The second-order valence-corrected chi connectivity index (χ2v) is 5.95. The summed E-state index contributed by atoms with van der Waals surface area (Å²) >= 11 is 1.12. The lowest BCUT2D eigenvalue weighted by molar-refractivity contribution is -0.149. The zero-order chi connectivity index (χ0) is 13.9. The average Bonchev–Trinajstić information content (AvgIpc) is 2.63. The van der Waals surface area contributed by atoms with Crippen LogP contribution in [0, 0.1) is 0 Å². The van der Waals surface area contributed by atoms with Gasteiger partial charge < -0.3 is 9.84 Å². The lowest BCUT2D eigenvalue weighted by atomic mass is 10.2. The van der Waals surface area contributed by atoms with Gasteiger partial charge in [-0.1, -0.05) is 0 Å². The van der Waals surface area contributed by atoms with Crippen molar-refractivity contribution in [3.05, 3.63) is 27.5 Å². The van der Waals surface area contributed by atoms with Crippen molar-refractivity contribution in [2.45, 2.75) is 33.3 Å². The second-order valence-electron chi connectivity index (χ2n) is 4.84. The van der Waals surface area contributed by atoms with Gasteiger partial charge in [0.2, 0.25) is 0 Å². The first-order chi connectivity index (χ1) is 8.19. The third-order valence-corrected chi connectivity index (χ3v) is 2.94. The summed E-state index contributed by atoms with van der Waals surface area (Å²) < 4.78 is 5.21. The Morgan fingerprint density at radius 1 is 1.33 bits per heavy atom. The summed E-state index contributed by atoms with van der Waals surface area (Å²) in [6.07, 6.45) is 1.63. The van der Waals surface area contributed by atoms with Crippen LogP contribution in [0.3, 0.4) is 0 Å². The molecule has 4 nitrogen and oxygen atoms in total. The molecule has 0 amide bonds. The number of carboxylic acid groups (broad SMARTS) is 1. The summed E-state index contributed by atoms with van der Waals surface area (Å²) in [5, 5.41) is 8.79. The number of ether oxygens (including phenoxy) is 1. The Kier molecular flexibility index (Phi) is 4.29. The minimum Gasteiger partial charge on any atom is -0.477 e. The minimum atomic E-state index is -0.963. The van der Waals surface area contributed by atoms with Gasteiger partial charge in [0.05, 0.1) is 0 Å². The maximum absolute atomic E-state index is 11.7. The first-order valence-corrected chi connectivity index (χ1v) is 6.25. The maximum atomic E-state index is 11.7. The Balaban J connectivity index is 2.82. The number of carboxylic acids is 1. The Morgan fingerprint density at radius 3 is 2.39 bits per heavy atom. The average molecular weight is 268 g/mol. The van der Waals surface area contributed by atoms with Gasteiger partial charge in [-0.15, -0.1) is 11.3 Å². The van der Waals surface area contributed by atoms with Gasteiger partial charge in [0, 0.05) is 10.5 Å². The summed E-state index contributed by atoms with van der Waals surface area (Å²) in [6.45, 7) is 7.04. The molecule has 5 heteroatoms. The normalized spacial score (nSPS) is 12.3. The van der Waals surface area contributed by atoms with Crippen molar-refractivity contribution in [2.24, 2.45) is 0 Å². The molecule has 0 radical (unpaired) electrons. The Hall–Kier alpha value is -1.62. The van der Waals surface area contributed by atoms with E-state index in [0.29, 0.717) is 5.57 Å². The van der Waals surface area contributed by atoms with Gasteiger partial charge in [-0.25, -0.2) is 9.59 Å². The molecule has 0 unspecified atom stereocenters. The van der Waals surface area contributed by atoms with Gasteiger partial charge in [0.25, 0.3) is 0 Å². The number of carbonyl (C=O) groups is 2. The molecule has 0 aliphatic rings. The van der Waals surface area contributed by atoms with Gasteiger partial charge in [0.15, 0.2) is 0 Å². The van der Waals surface area contributed by atoms with Crippen LogP contribution < -0.4 is 0 Å². The van der Waals surface area contributed by atoms with E-state index in [2.05, 4.69) is 0 Å². The van der Waals surface area contributed by atoms with E-state index < -0.39 is 17.5 Å². The van der Waals surface area contributed by atoms with Crippen molar-refractivity contribution >= 4 is 29.4 Å². The molecule has 1 aromatic heterocycles. The largest absolute Gasteiger partial charge is 0.477 e. The van der Waals surface area contributed by atoms with Crippen LogP contribution in [0.1, 0.15) is 42.2 Å². The minimum absolute atomic E-state index is 0.248. The molecule has 0 saturated heterocycles. The highest BCUT2D eigenvalue weighted by atomic mass is 32.1. The summed E-state index contributed by atoms with van der Waals surface area (Å²) in [6, 6.07) is 3.18. The molecule has 1 rings (SSSR count). The smallest absolute Gasteiger partial charge is 0.345 e. The Labute approximate surface area is 110 Å². The molecule has 0 saturated carbocycles. The SMILES string of the molecule is C/C(=C/c1ccc(C(=O)O)s1)C(=O)OC(C)(C)C. The third-order valence-electron chi connectivity index (χ3n) is 1.92. The fourth-order valence-electron chi connectivity index (χ4n) is 1.18. The topological polar surface area (TPSA) is 63.6 Å². The molecular weight excluding hydrogens is 252 g/mol. The van der Waals surface area contributed by atoms with E-state index in [1.807, 2.05) is 0 Å². The molecule has 0 aromatic carbocycles. The van der Waals surface area contributed by atoms with E-state index in [1.54, 1.807) is 39.8 Å². The van der Waals surface area contributed by atoms with Crippen LogP contribution >= 0.6 is 11.3 Å². The highest BCUT2D eigenvalue weighted by Gasteiger charge is 2.17. The molecule has 0 fully saturated rings. The zero-order valence-corrected chi connectivity index (χ0v) is 11.6. The van der Waals surface area contributed by atoms with Crippen molar-refractivity contribution in [1.29, 1.82) is 0 Å². The van der Waals surface area contributed by atoms with Crippen molar-refractivity contribution < 1.29 is 19.4 Å². The number of thiophene rings is 1.